The number of anilines is 1. The van der Waals surface area contributed by atoms with E-state index in [2.05, 4.69) is 17.9 Å². The Balaban J connectivity index is 1.81. The maximum absolute atomic E-state index is 11.0. The lowest BCUT2D eigenvalue weighted by molar-refractivity contribution is -0.138. The van der Waals surface area contributed by atoms with E-state index in [-0.39, 0.29) is 12.6 Å². The Morgan fingerprint density at radius 3 is 2.81 bits per heavy atom. The van der Waals surface area contributed by atoms with Gasteiger partial charge in [-0.2, -0.15) is 0 Å². The van der Waals surface area contributed by atoms with Crippen molar-refractivity contribution in [3.63, 3.8) is 0 Å². The predicted molar refractivity (Wildman–Crippen MR) is 109 cm³/mol. The van der Waals surface area contributed by atoms with E-state index in [1.165, 1.54) is 0 Å². The van der Waals surface area contributed by atoms with Gasteiger partial charge in [0.15, 0.2) is 0 Å². The van der Waals surface area contributed by atoms with Gasteiger partial charge in [-0.25, -0.2) is 0 Å². The quantitative estimate of drug-likeness (QED) is 0.779. The van der Waals surface area contributed by atoms with Gasteiger partial charge in [0, 0.05) is 40.5 Å². The minimum Gasteiger partial charge on any atom is -0.497 e. The second-order valence-electron chi connectivity index (χ2n) is 6.55. The second kappa shape index (κ2) is 8.87. The fourth-order valence-electron chi connectivity index (χ4n) is 3.24. The van der Waals surface area contributed by atoms with E-state index in [4.69, 9.17) is 21.4 Å². The van der Waals surface area contributed by atoms with Gasteiger partial charge in [0.2, 0.25) is 0 Å². The lowest BCUT2D eigenvalue weighted by Gasteiger charge is -2.40. The second-order valence-corrected chi connectivity index (χ2v) is 8.10. The van der Waals surface area contributed by atoms with Crippen molar-refractivity contribution in [1.29, 1.82) is 0 Å². The van der Waals surface area contributed by atoms with Gasteiger partial charge in [-0.1, -0.05) is 29.4 Å². The number of ether oxygens (including phenoxy) is 1. The number of hydrogen-bond donors (Lipinski definition) is 1. The molecular weight excluding hydrogens is 384 g/mol. The molecule has 1 N–H and O–H groups in total. The minimum atomic E-state index is -0.785. The highest BCUT2D eigenvalue weighted by Gasteiger charge is 2.26. The molecule has 0 spiro atoms. The van der Waals surface area contributed by atoms with E-state index in [1.807, 2.05) is 41.3 Å². The molecule has 1 heterocycles. The summed E-state index contributed by atoms with van der Waals surface area (Å²) in [6.45, 7) is 4.39. The molecule has 2 aromatic rings. The van der Waals surface area contributed by atoms with Crippen molar-refractivity contribution in [3.8, 4) is 5.75 Å². The number of nitrogens with zero attached hydrogens (tertiary/aromatic N) is 2. The van der Waals surface area contributed by atoms with E-state index >= 15 is 0 Å². The molecule has 1 atom stereocenters. The molecule has 1 aliphatic rings. The summed E-state index contributed by atoms with van der Waals surface area (Å²) in [5.74, 6) is 0.0405. The number of halogens is 1. The van der Waals surface area contributed by atoms with Crippen molar-refractivity contribution in [2.24, 2.45) is 0 Å². The Labute approximate surface area is 168 Å². The molecule has 0 saturated carbocycles. The highest BCUT2D eigenvalue weighted by atomic mass is 35.5. The molecule has 1 saturated heterocycles. The summed E-state index contributed by atoms with van der Waals surface area (Å²) in [5, 5.41) is 9.76. The minimum absolute atomic E-state index is 0.0793. The molecule has 27 heavy (non-hydrogen) atoms. The largest absolute Gasteiger partial charge is 0.497 e. The van der Waals surface area contributed by atoms with Crippen LogP contribution in [0, 0.1) is 0 Å². The first-order valence-corrected chi connectivity index (χ1v) is 9.98. The number of carboxylic acid groups (broad SMARTS) is 1. The van der Waals surface area contributed by atoms with Crippen LogP contribution in [-0.2, 0) is 4.79 Å². The number of piperazine rings is 1. The first kappa shape index (κ1) is 19.9. The number of hydrogen-bond acceptors (Lipinski definition) is 5. The maximum Gasteiger partial charge on any atom is 0.317 e. The Morgan fingerprint density at radius 2 is 2.11 bits per heavy atom. The molecule has 1 unspecified atom stereocenters. The van der Waals surface area contributed by atoms with Crippen LogP contribution in [0.25, 0.3) is 0 Å². The summed E-state index contributed by atoms with van der Waals surface area (Å²) in [5.41, 5.74) is 1.08. The molecule has 5 nitrogen and oxygen atoms in total. The van der Waals surface area contributed by atoms with Gasteiger partial charge in [-0.3, -0.25) is 9.69 Å². The Kier molecular flexibility index (Phi) is 6.52. The molecule has 3 rings (SSSR count). The standard InChI is InChI=1S/C20H23ClN2O3S/c1-14-12-23(9-8-22(14)13-20(24)25)18-10-15(21)6-7-19(18)27-17-5-3-4-16(11-17)26-2/h3-7,10-11,14H,8-9,12-13H2,1-2H3,(H,24,25). The van der Waals surface area contributed by atoms with E-state index in [0.29, 0.717) is 11.6 Å². The van der Waals surface area contributed by atoms with Gasteiger partial charge in [0.1, 0.15) is 5.75 Å². The number of methoxy groups -OCH3 is 1. The van der Waals surface area contributed by atoms with Crippen molar-refractivity contribution in [2.45, 2.75) is 22.8 Å². The van der Waals surface area contributed by atoms with Crippen LogP contribution in [0.3, 0.4) is 0 Å². The Morgan fingerprint density at radius 1 is 1.30 bits per heavy atom. The van der Waals surface area contributed by atoms with Gasteiger partial charge in [-0.15, -0.1) is 0 Å². The predicted octanol–water partition coefficient (Wildman–Crippen LogP) is 4.09. The first-order chi connectivity index (χ1) is 13.0. The average Bonchev–Trinajstić information content (AvgIpc) is 2.65. The van der Waals surface area contributed by atoms with E-state index in [1.54, 1.807) is 18.9 Å². The lowest BCUT2D eigenvalue weighted by Crippen LogP contribution is -2.53. The fraction of sp³-hybridized carbons (Fsp3) is 0.350. The number of rotatable bonds is 6. The molecule has 0 amide bonds. The summed E-state index contributed by atoms with van der Waals surface area (Å²) in [4.78, 5) is 17.5. The molecule has 144 valence electrons. The molecule has 0 aromatic heterocycles. The number of carboxylic acids is 1. The van der Waals surface area contributed by atoms with Crippen LogP contribution in [0.1, 0.15) is 6.92 Å². The Bertz CT molecular complexity index is 818. The molecule has 0 aliphatic carbocycles. The molecule has 0 bridgehead atoms. The van der Waals surface area contributed by atoms with Gasteiger partial charge in [-0.05, 0) is 43.3 Å². The van der Waals surface area contributed by atoms with Crippen molar-refractivity contribution >= 4 is 35.0 Å². The smallest absolute Gasteiger partial charge is 0.317 e. The van der Waals surface area contributed by atoms with Crippen LogP contribution >= 0.6 is 23.4 Å². The zero-order chi connectivity index (χ0) is 19.4. The average molecular weight is 407 g/mol. The Hall–Kier alpha value is -1.89. The third kappa shape index (κ3) is 5.09. The van der Waals surface area contributed by atoms with Crippen LogP contribution in [-0.4, -0.2) is 55.3 Å². The highest BCUT2D eigenvalue weighted by molar-refractivity contribution is 7.99. The third-order valence-corrected chi connectivity index (χ3v) is 5.92. The van der Waals surface area contributed by atoms with Crippen molar-refractivity contribution < 1.29 is 14.6 Å². The molecule has 7 heteroatoms. The summed E-state index contributed by atoms with van der Waals surface area (Å²) < 4.78 is 5.32. The maximum atomic E-state index is 11.0. The fourth-order valence-corrected chi connectivity index (χ4v) is 4.41. The van der Waals surface area contributed by atoms with Gasteiger partial charge in [0.05, 0.1) is 19.3 Å². The zero-order valence-electron chi connectivity index (χ0n) is 15.4. The molecule has 0 radical (unpaired) electrons. The first-order valence-electron chi connectivity index (χ1n) is 8.78. The summed E-state index contributed by atoms with van der Waals surface area (Å²) in [6, 6.07) is 14.1. The highest BCUT2D eigenvalue weighted by Crippen LogP contribution is 2.38. The van der Waals surface area contributed by atoms with E-state index < -0.39 is 5.97 Å². The normalized spacial score (nSPS) is 17.7. The van der Waals surface area contributed by atoms with Gasteiger partial charge < -0.3 is 14.7 Å². The van der Waals surface area contributed by atoms with Crippen LogP contribution in [0.4, 0.5) is 5.69 Å². The van der Waals surface area contributed by atoms with E-state index in [9.17, 15) is 4.79 Å². The summed E-state index contributed by atoms with van der Waals surface area (Å²) in [6.07, 6.45) is 0. The van der Waals surface area contributed by atoms with Crippen LogP contribution in [0.2, 0.25) is 5.02 Å². The third-order valence-electron chi connectivity index (χ3n) is 4.63. The topological polar surface area (TPSA) is 53.0 Å². The van der Waals surface area contributed by atoms with Crippen molar-refractivity contribution in [1.82, 2.24) is 4.90 Å². The molecule has 1 aliphatic heterocycles. The summed E-state index contributed by atoms with van der Waals surface area (Å²) >= 11 is 7.95. The lowest BCUT2D eigenvalue weighted by atomic mass is 10.1. The van der Waals surface area contributed by atoms with E-state index in [0.717, 1.165) is 34.3 Å². The summed E-state index contributed by atoms with van der Waals surface area (Å²) in [7, 11) is 1.66. The number of benzene rings is 2. The van der Waals surface area contributed by atoms with Crippen molar-refractivity contribution in [3.05, 3.63) is 47.5 Å². The molecule has 1 fully saturated rings. The monoisotopic (exact) mass is 406 g/mol. The number of carbonyl (C=O) groups is 1. The van der Waals surface area contributed by atoms with Crippen LogP contribution < -0.4 is 9.64 Å². The van der Waals surface area contributed by atoms with Crippen LogP contribution in [0.15, 0.2) is 52.3 Å². The zero-order valence-corrected chi connectivity index (χ0v) is 17.0. The van der Waals surface area contributed by atoms with Crippen LogP contribution in [0.5, 0.6) is 5.75 Å². The van der Waals surface area contributed by atoms with Crippen molar-refractivity contribution in [2.75, 3.05) is 38.2 Å². The number of aliphatic carboxylic acids is 1. The van der Waals surface area contributed by atoms with Gasteiger partial charge in [0.25, 0.3) is 0 Å². The molecule has 2 aromatic carbocycles. The molecular formula is C20H23ClN2O3S. The van der Waals surface area contributed by atoms with Gasteiger partial charge >= 0.3 is 5.97 Å². The SMILES string of the molecule is COc1cccc(Sc2ccc(Cl)cc2N2CCN(CC(=O)O)C(C)C2)c1.